The minimum Gasteiger partial charge on any atom is -0.478 e. The highest BCUT2D eigenvalue weighted by atomic mass is 16.6. The molecule has 0 fully saturated rings. The van der Waals surface area contributed by atoms with Crippen LogP contribution in [0.5, 0.6) is 28.7 Å². The number of rotatable bonds is 8. The third-order valence-electron chi connectivity index (χ3n) is 3.95. The fraction of sp³-hybridized carbons (Fsp3) is 0.0400. The maximum Gasteiger partial charge on any atom is 0.336 e. The molecule has 31 heavy (non-hydrogen) atoms. The van der Waals surface area contributed by atoms with Gasteiger partial charge in [0.25, 0.3) is 0 Å². The number of carboxylic acid groups (broad SMARTS) is 1. The Kier molecular flexibility index (Phi) is 7.21. The molecule has 0 amide bonds. The van der Waals surface area contributed by atoms with Gasteiger partial charge in [0.2, 0.25) is 5.75 Å². The summed E-state index contributed by atoms with van der Waals surface area (Å²) in [7, 11) is 0. The van der Waals surface area contributed by atoms with E-state index in [1.165, 1.54) is 0 Å². The van der Waals surface area contributed by atoms with Crippen molar-refractivity contribution in [3.63, 3.8) is 0 Å². The van der Waals surface area contributed by atoms with Crippen molar-refractivity contribution in [3.05, 3.63) is 96.6 Å². The molecule has 1 N–H and O–H groups in total. The molecule has 0 spiro atoms. The van der Waals surface area contributed by atoms with Crippen LogP contribution in [0.15, 0.2) is 91.0 Å². The van der Waals surface area contributed by atoms with Gasteiger partial charge in [-0.2, -0.15) is 0 Å². The van der Waals surface area contributed by atoms with E-state index >= 15 is 0 Å². The molecule has 0 saturated carbocycles. The first-order chi connectivity index (χ1) is 15.1. The Bertz CT molecular complexity index is 1100. The van der Waals surface area contributed by atoms with Crippen LogP contribution in [0.25, 0.3) is 6.08 Å². The van der Waals surface area contributed by atoms with Crippen molar-refractivity contribution in [2.75, 3.05) is 0 Å². The predicted molar refractivity (Wildman–Crippen MR) is 117 cm³/mol. The van der Waals surface area contributed by atoms with Crippen molar-refractivity contribution in [2.24, 2.45) is 0 Å². The van der Waals surface area contributed by atoms with E-state index in [9.17, 15) is 9.59 Å². The molecule has 3 aromatic carbocycles. The molecule has 156 valence electrons. The molecule has 0 aliphatic rings. The molecule has 0 aromatic heterocycles. The molecule has 0 heterocycles. The van der Waals surface area contributed by atoms with Crippen molar-refractivity contribution in [3.8, 4) is 28.7 Å². The highest BCUT2D eigenvalue weighted by molar-refractivity contribution is 5.92. The van der Waals surface area contributed by atoms with Crippen molar-refractivity contribution >= 4 is 18.0 Å². The molecular weight excluding hydrogens is 396 g/mol. The van der Waals surface area contributed by atoms with E-state index in [1.807, 2.05) is 55.5 Å². The van der Waals surface area contributed by atoms with Gasteiger partial charge in [0, 0.05) is 17.7 Å². The first-order valence-electron chi connectivity index (χ1n) is 9.45. The van der Waals surface area contributed by atoms with Crippen LogP contribution >= 0.6 is 0 Å². The fourth-order valence-corrected chi connectivity index (χ4v) is 2.65. The van der Waals surface area contributed by atoms with E-state index < -0.39 is 11.9 Å². The Morgan fingerprint density at radius 3 is 1.90 bits per heavy atom. The zero-order valence-corrected chi connectivity index (χ0v) is 16.7. The summed E-state index contributed by atoms with van der Waals surface area (Å²) < 4.78 is 17.5. The number of carbonyl (C=O) groups excluding carboxylic acids is 1. The number of hydrogen-bond donors (Lipinski definition) is 1. The van der Waals surface area contributed by atoms with Gasteiger partial charge in [0.1, 0.15) is 11.5 Å². The SMILES string of the molecule is CC=Cc1ccc(OC(=O)/C=C\C(=O)O)c(Oc2ccccc2)c1Oc1ccccc1. The molecule has 0 aliphatic heterocycles. The minimum atomic E-state index is -1.26. The standard InChI is InChI=1S/C25H20O6/c1-2-9-18-14-15-21(31-23(28)17-16-22(26)27)25(30-20-12-7-4-8-13-20)24(18)29-19-10-5-3-6-11-19/h2-17H,1H3,(H,26,27)/b9-2?,17-16-. The Hall–Kier alpha value is -4.32. The van der Waals surface area contributed by atoms with Crippen LogP contribution in [0.2, 0.25) is 0 Å². The van der Waals surface area contributed by atoms with Gasteiger partial charge >= 0.3 is 11.9 Å². The zero-order chi connectivity index (χ0) is 22.1. The van der Waals surface area contributed by atoms with Gasteiger partial charge in [-0.3, -0.25) is 0 Å². The van der Waals surface area contributed by atoms with E-state index in [1.54, 1.807) is 36.4 Å². The minimum absolute atomic E-state index is 0.0862. The number of allylic oxidation sites excluding steroid dienone is 1. The van der Waals surface area contributed by atoms with Crippen molar-refractivity contribution in [1.29, 1.82) is 0 Å². The number of para-hydroxylation sites is 2. The second-order valence-corrected chi connectivity index (χ2v) is 6.23. The molecule has 0 atom stereocenters. The van der Waals surface area contributed by atoms with E-state index in [2.05, 4.69) is 0 Å². The van der Waals surface area contributed by atoms with Crippen molar-refractivity contribution < 1.29 is 28.9 Å². The molecule has 0 bridgehead atoms. The highest BCUT2D eigenvalue weighted by Gasteiger charge is 2.20. The lowest BCUT2D eigenvalue weighted by molar-refractivity contribution is -0.133. The zero-order valence-electron chi connectivity index (χ0n) is 16.7. The summed E-state index contributed by atoms with van der Waals surface area (Å²) in [5, 5.41) is 8.73. The van der Waals surface area contributed by atoms with Gasteiger partial charge in [-0.25, -0.2) is 9.59 Å². The normalized spacial score (nSPS) is 10.9. The summed E-state index contributed by atoms with van der Waals surface area (Å²) in [6.45, 7) is 1.87. The van der Waals surface area contributed by atoms with Gasteiger partial charge in [-0.05, 0) is 43.3 Å². The molecule has 0 saturated heterocycles. The number of aliphatic carboxylic acids is 1. The smallest absolute Gasteiger partial charge is 0.336 e. The maximum absolute atomic E-state index is 12.1. The average molecular weight is 416 g/mol. The topological polar surface area (TPSA) is 82.1 Å². The Morgan fingerprint density at radius 2 is 1.35 bits per heavy atom. The lowest BCUT2D eigenvalue weighted by Crippen LogP contribution is -2.07. The van der Waals surface area contributed by atoms with Gasteiger partial charge in [-0.15, -0.1) is 0 Å². The highest BCUT2D eigenvalue weighted by Crippen LogP contribution is 2.45. The summed E-state index contributed by atoms with van der Waals surface area (Å²) in [6, 6.07) is 21.4. The Labute approximate surface area is 179 Å². The van der Waals surface area contributed by atoms with Gasteiger partial charge in [-0.1, -0.05) is 48.6 Å². The van der Waals surface area contributed by atoms with Gasteiger partial charge < -0.3 is 19.3 Å². The molecule has 6 nitrogen and oxygen atoms in total. The lowest BCUT2D eigenvalue weighted by Gasteiger charge is -2.18. The lowest BCUT2D eigenvalue weighted by atomic mass is 10.1. The molecule has 0 radical (unpaired) electrons. The summed E-state index contributed by atoms with van der Waals surface area (Å²) in [6.07, 6.45) is 5.22. The summed E-state index contributed by atoms with van der Waals surface area (Å²) >= 11 is 0. The van der Waals surface area contributed by atoms with Crippen LogP contribution in [0.4, 0.5) is 0 Å². The number of hydrogen-bond acceptors (Lipinski definition) is 5. The van der Waals surface area contributed by atoms with Crippen molar-refractivity contribution in [2.45, 2.75) is 6.92 Å². The van der Waals surface area contributed by atoms with Crippen LogP contribution in [0.1, 0.15) is 12.5 Å². The van der Waals surface area contributed by atoms with Crippen LogP contribution in [-0.4, -0.2) is 17.0 Å². The molecule has 0 aliphatic carbocycles. The molecular formula is C25H20O6. The predicted octanol–water partition coefficient (Wildman–Crippen LogP) is 5.85. The fourth-order valence-electron chi connectivity index (χ4n) is 2.65. The Morgan fingerprint density at radius 1 is 0.774 bits per heavy atom. The van der Waals surface area contributed by atoms with E-state index in [4.69, 9.17) is 19.3 Å². The quantitative estimate of drug-likeness (QED) is 0.282. The third kappa shape index (κ3) is 6.08. The molecule has 0 unspecified atom stereocenters. The Balaban J connectivity index is 2.09. The summed E-state index contributed by atoms with van der Waals surface area (Å²) in [4.78, 5) is 22.8. The summed E-state index contributed by atoms with van der Waals surface area (Å²) in [5.41, 5.74) is 0.707. The largest absolute Gasteiger partial charge is 0.478 e. The van der Waals surface area contributed by atoms with Crippen molar-refractivity contribution in [1.82, 2.24) is 0 Å². The van der Waals surface area contributed by atoms with Crippen LogP contribution in [0.3, 0.4) is 0 Å². The van der Waals surface area contributed by atoms with Crippen LogP contribution in [0, 0.1) is 0 Å². The van der Waals surface area contributed by atoms with Crippen LogP contribution < -0.4 is 14.2 Å². The first-order valence-corrected chi connectivity index (χ1v) is 9.45. The maximum atomic E-state index is 12.1. The molecule has 3 aromatic rings. The number of benzene rings is 3. The monoisotopic (exact) mass is 416 g/mol. The van der Waals surface area contributed by atoms with E-state index in [0.29, 0.717) is 28.9 Å². The summed E-state index contributed by atoms with van der Waals surface area (Å²) in [5.74, 6) is -0.415. The van der Waals surface area contributed by atoms with Crippen LogP contribution in [-0.2, 0) is 9.59 Å². The van der Waals surface area contributed by atoms with E-state index in [0.717, 1.165) is 6.08 Å². The van der Waals surface area contributed by atoms with Gasteiger partial charge in [0.05, 0.1) is 0 Å². The first kappa shape index (κ1) is 21.4. The third-order valence-corrected chi connectivity index (χ3v) is 3.95. The van der Waals surface area contributed by atoms with E-state index in [-0.39, 0.29) is 11.5 Å². The number of carbonyl (C=O) groups is 2. The number of ether oxygens (including phenoxy) is 3. The molecule has 6 heteroatoms. The second kappa shape index (κ2) is 10.5. The number of carboxylic acids is 1. The van der Waals surface area contributed by atoms with Gasteiger partial charge in [0.15, 0.2) is 11.5 Å². The molecule has 3 rings (SSSR count). The second-order valence-electron chi connectivity index (χ2n) is 6.23. The average Bonchev–Trinajstić information content (AvgIpc) is 2.77. The number of esters is 1.